The topological polar surface area (TPSA) is 29.1 Å². The fourth-order valence-corrected chi connectivity index (χ4v) is 3.12. The molecule has 0 aliphatic carbocycles. The van der Waals surface area contributed by atoms with Crippen LogP contribution in [0.3, 0.4) is 0 Å². The Morgan fingerprint density at radius 2 is 2.06 bits per heavy atom. The van der Waals surface area contributed by atoms with Crippen LogP contribution in [0.1, 0.15) is 9.67 Å². The smallest absolute Gasteiger partial charge is 0.265 e. The highest BCUT2D eigenvalue weighted by Crippen LogP contribution is 2.36. The van der Waals surface area contributed by atoms with Crippen molar-refractivity contribution < 1.29 is 4.79 Å². The SMILES string of the molecule is O=C(Nc1ccc(Br)c(Cl)c1Cl)c1cc(S)cs1. The molecule has 1 N–H and O–H groups in total. The number of hydrogen-bond donors (Lipinski definition) is 2. The Kier molecular flexibility index (Phi) is 4.61. The van der Waals surface area contributed by atoms with Crippen molar-refractivity contribution in [2.45, 2.75) is 4.90 Å². The molecule has 0 spiro atoms. The predicted octanol–water partition coefficient (Wildman–Crippen LogP) is 5.36. The number of amides is 1. The molecule has 1 aromatic carbocycles. The molecule has 1 amide bonds. The number of halogens is 3. The molecule has 0 unspecified atom stereocenters. The van der Waals surface area contributed by atoms with Crippen LogP contribution in [-0.4, -0.2) is 5.91 Å². The van der Waals surface area contributed by atoms with Crippen LogP contribution in [0.2, 0.25) is 10.0 Å². The van der Waals surface area contributed by atoms with E-state index in [0.717, 1.165) is 4.90 Å². The van der Waals surface area contributed by atoms with Gasteiger partial charge in [0.05, 0.1) is 20.6 Å². The summed E-state index contributed by atoms with van der Waals surface area (Å²) in [6, 6.07) is 5.10. The lowest BCUT2D eigenvalue weighted by molar-refractivity contribution is 0.103. The van der Waals surface area contributed by atoms with Crippen molar-refractivity contribution in [3.63, 3.8) is 0 Å². The molecule has 0 aliphatic rings. The lowest BCUT2D eigenvalue weighted by atomic mass is 10.3. The lowest BCUT2D eigenvalue weighted by Gasteiger charge is -2.08. The van der Waals surface area contributed by atoms with Crippen molar-refractivity contribution >= 4 is 74.7 Å². The molecular weight excluding hydrogens is 377 g/mol. The van der Waals surface area contributed by atoms with E-state index in [2.05, 4.69) is 33.9 Å². The second kappa shape index (κ2) is 5.84. The number of rotatable bonds is 2. The first-order valence-corrected chi connectivity index (χ1v) is 7.59. The zero-order valence-electron chi connectivity index (χ0n) is 8.71. The number of thiophene rings is 1. The van der Waals surface area contributed by atoms with Gasteiger partial charge in [-0.1, -0.05) is 23.2 Å². The normalized spacial score (nSPS) is 10.4. The first kappa shape index (κ1) is 14.2. The highest BCUT2D eigenvalue weighted by atomic mass is 79.9. The van der Waals surface area contributed by atoms with Crippen molar-refractivity contribution in [2.24, 2.45) is 0 Å². The van der Waals surface area contributed by atoms with Crippen molar-refractivity contribution in [1.82, 2.24) is 0 Å². The maximum atomic E-state index is 11.9. The van der Waals surface area contributed by atoms with Gasteiger partial charge < -0.3 is 5.32 Å². The first-order valence-electron chi connectivity index (χ1n) is 4.71. The lowest BCUT2D eigenvalue weighted by Crippen LogP contribution is -2.10. The third-order valence-electron chi connectivity index (χ3n) is 2.09. The Balaban J connectivity index is 2.25. The molecular formula is C11H6BrCl2NOS2. The third-order valence-corrected chi connectivity index (χ3v) is 5.23. The van der Waals surface area contributed by atoms with Crippen molar-refractivity contribution in [1.29, 1.82) is 0 Å². The van der Waals surface area contributed by atoms with Gasteiger partial charge in [0.2, 0.25) is 0 Å². The van der Waals surface area contributed by atoms with Gasteiger partial charge in [-0.05, 0) is 34.1 Å². The van der Waals surface area contributed by atoms with Crippen LogP contribution in [-0.2, 0) is 0 Å². The second-order valence-electron chi connectivity index (χ2n) is 3.35. The number of thiol groups is 1. The molecule has 2 nitrogen and oxygen atoms in total. The number of hydrogen-bond acceptors (Lipinski definition) is 3. The summed E-state index contributed by atoms with van der Waals surface area (Å²) in [6.45, 7) is 0. The van der Waals surface area contributed by atoms with Crippen LogP contribution in [0.4, 0.5) is 5.69 Å². The largest absolute Gasteiger partial charge is 0.320 e. The summed E-state index contributed by atoms with van der Waals surface area (Å²) in [6.07, 6.45) is 0. The van der Waals surface area contributed by atoms with Gasteiger partial charge >= 0.3 is 0 Å². The van der Waals surface area contributed by atoms with E-state index in [9.17, 15) is 4.79 Å². The van der Waals surface area contributed by atoms with E-state index in [1.54, 1.807) is 23.6 Å². The van der Waals surface area contributed by atoms with Crippen LogP contribution < -0.4 is 5.32 Å². The van der Waals surface area contributed by atoms with Crippen molar-refractivity contribution in [3.8, 4) is 0 Å². The molecule has 2 rings (SSSR count). The van der Waals surface area contributed by atoms with Crippen LogP contribution in [0.15, 0.2) is 32.9 Å². The summed E-state index contributed by atoms with van der Waals surface area (Å²) < 4.78 is 0.681. The van der Waals surface area contributed by atoms with E-state index < -0.39 is 0 Å². The summed E-state index contributed by atoms with van der Waals surface area (Å²) in [4.78, 5) is 13.2. The molecule has 1 heterocycles. The van der Waals surface area contributed by atoms with Gasteiger partial charge in [0, 0.05) is 14.7 Å². The maximum Gasteiger partial charge on any atom is 0.265 e. The summed E-state index contributed by atoms with van der Waals surface area (Å²) in [5.74, 6) is -0.236. The number of carbonyl (C=O) groups is 1. The van der Waals surface area contributed by atoms with Crippen molar-refractivity contribution in [2.75, 3.05) is 5.32 Å². The zero-order chi connectivity index (χ0) is 13.3. The Bertz CT molecular complexity index is 615. The molecule has 0 saturated heterocycles. The fraction of sp³-hybridized carbons (Fsp3) is 0. The Hall–Kier alpha value is -0.200. The van der Waals surface area contributed by atoms with Gasteiger partial charge in [-0.2, -0.15) is 0 Å². The molecule has 0 saturated carbocycles. The molecule has 18 heavy (non-hydrogen) atoms. The van der Waals surface area contributed by atoms with Gasteiger partial charge in [-0.3, -0.25) is 4.79 Å². The van der Waals surface area contributed by atoms with E-state index in [1.165, 1.54) is 11.3 Å². The average molecular weight is 383 g/mol. The molecule has 0 aliphatic heterocycles. The van der Waals surface area contributed by atoms with Crippen LogP contribution in [0.25, 0.3) is 0 Å². The quantitative estimate of drug-likeness (QED) is 0.531. The fourth-order valence-electron chi connectivity index (χ4n) is 1.25. The minimum atomic E-state index is -0.236. The summed E-state index contributed by atoms with van der Waals surface area (Å²) >= 11 is 20.8. The standard InChI is InChI=1S/C11H6BrCl2NOS2/c12-6-1-2-7(10(14)9(6)13)15-11(16)8-3-5(17)4-18-8/h1-4,17H,(H,15,16). The second-order valence-corrected chi connectivity index (χ2v) is 6.38. The van der Waals surface area contributed by atoms with E-state index in [4.69, 9.17) is 23.2 Å². The van der Waals surface area contributed by atoms with E-state index in [1.807, 2.05) is 0 Å². The van der Waals surface area contributed by atoms with Crippen LogP contribution in [0.5, 0.6) is 0 Å². The number of carbonyl (C=O) groups excluding carboxylic acids is 1. The van der Waals surface area contributed by atoms with E-state index in [0.29, 0.717) is 25.1 Å². The highest BCUT2D eigenvalue weighted by molar-refractivity contribution is 9.10. The summed E-state index contributed by atoms with van der Waals surface area (Å²) in [5.41, 5.74) is 0.476. The molecule has 1 aromatic heterocycles. The minimum absolute atomic E-state index is 0.236. The first-order chi connectivity index (χ1) is 8.49. The molecule has 0 radical (unpaired) electrons. The van der Waals surface area contributed by atoms with Crippen molar-refractivity contribution in [3.05, 3.63) is 43.0 Å². The number of anilines is 1. The van der Waals surface area contributed by atoms with Gasteiger partial charge in [-0.15, -0.1) is 24.0 Å². The predicted molar refractivity (Wildman–Crippen MR) is 83.7 cm³/mol. The third kappa shape index (κ3) is 3.03. The molecule has 0 atom stereocenters. The Labute approximate surface area is 132 Å². The number of nitrogens with one attached hydrogen (secondary N) is 1. The Morgan fingerprint density at radius 3 is 2.67 bits per heavy atom. The van der Waals surface area contributed by atoms with E-state index >= 15 is 0 Å². The number of benzene rings is 1. The highest BCUT2D eigenvalue weighted by Gasteiger charge is 2.13. The van der Waals surface area contributed by atoms with Crippen LogP contribution >= 0.6 is 63.1 Å². The maximum absolute atomic E-state index is 11.9. The van der Waals surface area contributed by atoms with E-state index in [-0.39, 0.29) is 5.91 Å². The zero-order valence-corrected chi connectivity index (χ0v) is 13.5. The molecule has 94 valence electrons. The van der Waals surface area contributed by atoms with Gasteiger partial charge in [-0.25, -0.2) is 0 Å². The minimum Gasteiger partial charge on any atom is -0.320 e. The van der Waals surface area contributed by atoms with Gasteiger partial charge in [0.1, 0.15) is 0 Å². The van der Waals surface area contributed by atoms with Gasteiger partial charge in [0.15, 0.2) is 0 Å². The average Bonchev–Trinajstić information content (AvgIpc) is 2.77. The summed E-state index contributed by atoms with van der Waals surface area (Å²) in [7, 11) is 0. The Morgan fingerprint density at radius 1 is 1.33 bits per heavy atom. The van der Waals surface area contributed by atoms with Gasteiger partial charge in [0.25, 0.3) is 5.91 Å². The monoisotopic (exact) mass is 381 g/mol. The summed E-state index contributed by atoms with van der Waals surface area (Å²) in [5, 5.41) is 5.17. The molecule has 0 fully saturated rings. The molecule has 0 bridgehead atoms. The molecule has 7 heteroatoms. The van der Waals surface area contributed by atoms with Crippen LogP contribution in [0, 0.1) is 0 Å². The molecule has 2 aromatic rings.